The number of carbonyl (C=O) groups excluding carboxylic acids is 2. The molecule has 0 saturated heterocycles. The minimum absolute atomic E-state index is 0.131. The van der Waals surface area contributed by atoms with Crippen LogP contribution < -0.4 is 0 Å². The van der Waals surface area contributed by atoms with E-state index in [0.29, 0.717) is 29.3 Å². The van der Waals surface area contributed by atoms with Crippen molar-refractivity contribution in [2.45, 2.75) is 33.8 Å². The van der Waals surface area contributed by atoms with Gasteiger partial charge < -0.3 is 14.3 Å². The number of carbonyl (C=O) groups is 2. The zero-order valence-corrected chi connectivity index (χ0v) is 16.9. The Hall–Kier alpha value is -2.96. The maximum atomic E-state index is 12.1. The average Bonchev–Trinajstić information content (AvgIpc) is 3.31. The number of methoxy groups -OCH3 is 2. The van der Waals surface area contributed by atoms with Crippen molar-refractivity contribution in [1.82, 2.24) is 0 Å². The Balaban J connectivity index is 2.20. The van der Waals surface area contributed by atoms with E-state index in [9.17, 15) is 9.59 Å². The van der Waals surface area contributed by atoms with E-state index in [0.717, 1.165) is 12.0 Å². The maximum Gasteiger partial charge on any atom is 0.341 e. The second-order valence-electron chi connectivity index (χ2n) is 6.97. The fourth-order valence-electron chi connectivity index (χ4n) is 3.21. The maximum absolute atomic E-state index is 12.1. The molecule has 0 aliphatic heterocycles. The molecule has 1 amide bonds. The minimum Gasteiger partial charge on any atom is -0.503 e. The van der Waals surface area contributed by atoms with Crippen LogP contribution in [0.15, 0.2) is 40.7 Å². The molecule has 1 saturated carbocycles. The number of hydrogen-bond acceptors (Lipinski definition) is 6. The van der Waals surface area contributed by atoms with E-state index >= 15 is 0 Å². The molecule has 2 unspecified atom stereocenters. The summed E-state index contributed by atoms with van der Waals surface area (Å²) in [4.78, 5) is 32.5. The van der Waals surface area contributed by atoms with Gasteiger partial charge in [0.15, 0.2) is 0 Å². The van der Waals surface area contributed by atoms with Gasteiger partial charge in [-0.25, -0.2) is 9.79 Å². The first-order valence-corrected chi connectivity index (χ1v) is 8.97. The minimum atomic E-state index is -0.509. The van der Waals surface area contributed by atoms with E-state index in [4.69, 9.17) is 14.3 Å². The number of esters is 1. The molecular weight excluding hydrogens is 360 g/mol. The summed E-state index contributed by atoms with van der Waals surface area (Å²) >= 11 is 0. The van der Waals surface area contributed by atoms with Crippen molar-refractivity contribution in [2.75, 3.05) is 14.2 Å². The van der Waals surface area contributed by atoms with Crippen LogP contribution in [0.25, 0.3) is 5.57 Å². The smallest absolute Gasteiger partial charge is 0.341 e. The van der Waals surface area contributed by atoms with Crippen LogP contribution in [0.5, 0.6) is 0 Å². The van der Waals surface area contributed by atoms with Gasteiger partial charge in [0, 0.05) is 11.0 Å². The highest BCUT2D eigenvalue weighted by molar-refractivity contribution is 6.44. The molecule has 0 radical (unpaired) electrons. The summed E-state index contributed by atoms with van der Waals surface area (Å²) in [7, 11) is 2.77. The van der Waals surface area contributed by atoms with Crippen LogP contribution >= 0.6 is 0 Å². The van der Waals surface area contributed by atoms with Gasteiger partial charge in [-0.3, -0.25) is 4.79 Å². The Morgan fingerprint density at radius 2 is 2.00 bits per heavy atom. The zero-order chi connectivity index (χ0) is 20.7. The molecule has 1 aliphatic rings. The van der Waals surface area contributed by atoms with Crippen LogP contribution in [0.4, 0.5) is 0 Å². The van der Waals surface area contributed by atoms with E-state index in [1.807, 2.05) is 18.2 Å². The Kier molecular flexibility index (Phi) is 7.09. The van der Waals surface area contributed by atoms with Crippen molar-refractivity contribution in [3.63, 3.8) is 0 Å². The molecule has 150 valence electrons. The molecule has 28 heavy (non-hydrogen) atoms. The lowest BCUT2D eigenvalue weighted by Crippen LogP contribution is -2.23. The van der Waals surface area contributed by atoms with Crippen LogP contribution in [0.1, 0.15) is 38.3 Å². The second-order valence-corrected chi connectivity index (χ2v) is 6.97. The van der Waals surface area contributed by atoms with Gasteiger partial charge in [-0.05, 0) is 24.8 Å². The average molecular weight is 386 g/mol. The molecule has 0 N–H and O–H groups in total. The normalized spacial score (nSPS) is 22.5. The molecule has 1 aromatic rings. The Labute approximate surface area is 165 Å². The lowest BCUT2D eigenvalue weighted by atomic mass is 9.96. The molecule has 2 rings (SSSR count). The zero-order valence-electron chi connectivity index (χ0n) is 16.9. The summed E-state index contributed by atoms with van der Waals surface area (Å²) in [6.45, 7) is 6.08. The summed E-state index contributed by atoms with van der Waals surface area (Å²) in [5.74, 6) is -0.0658. The number of ether oxygens (including phenoxy) is 2. The van der Waals surface area contributed by atoms with E-state index in [-0.39, 0.29) is 17.6 Å². The number of hydrogen-bond donors (Lipinski definition) is 0. The van der Waals surface area contributed by atoms with Gasteiger partial charge in [0.05, 0.1) is 31.9 Å². The quantitative estimate of drug-likeness (QED) is 0.162. The molecule has 0 bridgehead atoms. The van der Waals surface area contributed by atoms with E-state index < -0.39 is 5.97 Å². The second kappa shape index (κ2) is 9.30. The van der Waals surface area contributed by atoms with Crippen molar-refractivity contribution in [3.05, 3.63) is 41.7 Å². The van der Waals surface area contributed by atoms with Crippen molar-refractivity contribution in [1.29, 1.82) is 0 Å². The lowest BCUT2D eigenvalue weighted by molar-refractivity contribution is -0.133. The van der Waals surface area contributed by atoms with E-state index in [1.54, 1.807) is 13.0 Å². The van der Waals surface area contributed by atoms with Crippen LogP contribution in [0.2, 0.25) is 0 Å². The number of oxime groups is 1. The third-order valence-electron chi connectivity index (χ3n) is 5.09. The third-order valence-corrected chi connectivity index (χ3v) is 5.09. The molecule has 7 heteroatoms. The van der Waals surface area contributed by atoms with E-state index in [2.05, 4.69) is 24.0 Å². The van der Waals surface area contributed by atoms with Crippen molar-refractivity contribution >= 4 is 29.4 Å². The standard InChI is InChI=1S/C21H26N2O5/c1-14-10-21(14,3)19(22-13-24)15(2)23-28-11-16-8-6-7-9-17(16)18(12-26-4)20(25)27-5/h6-9,12-14H,10-11H2,1-5H3/b18-12+,22-19?,23-15-. The van der Waals surface area contributed by atoms with Gasteiger partial charge >= 0.3 is 5.97 Å². The summed E-state index contributed by atoms with van der Waals surface area (Å²) in [6.07, 6.45) is 2.83. The molecule has 1 aliphatic carbocycles. The fraction of sp³-hybridized carbons (Fsp3) is 0.429. The van der Waals surface area contributed by atoms with Crippen LogP contribution in [-0.2, 0) is 30.5 Å². The predicted octanol–water partition coefficient (Wildman–Crippen LogP) is 3.38. The highest BCUT2D eigenvalue weighted by atomic mass is 16.6. The number of aliphatic imine (C=N–C) groups is 1. The van der Waals surface area contributed by atoms with Crippen LogP contribution in [0, 0.1) is 11.3 Å². The van der Waals surface area contributed by atoms with Gasteiger partial charge in [-0.1, -0.05) is 43.3 Å². The van der Waals surface area contributed by atoms with Crippen molar-refractivity contribution < 1.29 is 23.9 Å². The topological polar surface area (TPSA) is 86.6 Å². The number of rotatable bonds is 9. The van der Waals surface area contributed by atoms with Crippen molar-refractivity contribution in [3.8, 4) is 0 Å². The fourth-order valence-corrected chi connectivity index (χ4v) is 3.21. The molecule has 0 aromatic heterocycles. The van der Waals surface area contributed by atoms with Crippen LogP contribution in [-0.4, -0.2) is 38.0 Å². The first kappa shape index (κ1) is 21.3. The Bertz CT molecular complexity index is 828. The summed E-state index contributed by atoms with van der Waals surface area (Å²) in [6, 6.07) is 7.26. The first-order chi connectivity index (χ1) is 13.4. The van der Waals surface area contributed by atoms with Gasteiger partial charge in [0.25, 0.3) is 0 Å². The molecule has 0 spiro atoms. The van der Waals surface area contributed by atoms with Crippen molar-refractivity contribution in [2.24, 2.45) is 21.5 Å². The molecule has 1 aromatic carbocycles. The molecular formula is C21H26N2O5. The monoisotopic (exact) mass is 386 g/mol. The lowest BCUT2D eigenvalue weighted by Gasteiger charge is -2.13. The third kappa shape index (κ3) is 4.65. The molecule has 2 atom stereocenters. The van der Waals surface area contributed by atoms with Crippen LogP contribution in [0.3, 0.4) is 0 Å². The predicted molar refractivity (Wildman–Crippen MR) is 107 cm³/mol. The van der Waals surface area contributed by atoms with Gasteiger partial charge in [0.1, 0.15) is 12.2 Å². The number of nitrogens with zero attached hydrogens (tertiary/aromatic N) is 2. The number of benzene rings is 1. The highest BCUT2D eigenvalue weighted by Gasteiger charge is 2.51. The summed E-state index contributed by atoms with van der Waals surface area (Å²) < 4.78 is 9.84. The Morgan fingerprint density at radius 1 is 1.32 bits per heavy atom. The highest BCUT2D eigenvalue weighted by Crippen LogP contribution is 2.53. The largest absolute Gasteiger partial charge is 0.503 e. The summed E-state index contributed by atoms with van der Waals surface area (Å²) in [5, 5.41) is 4.15. The van der Waals surface area contributed by atoms with Gasteiger partial charge in [0.2, 0.25) is 6.41 Å². The SMILES string of the molecule is CO/C=C(/C(=O)OC)c1ccccc1CO/N=C(/C)C(=NC=O)C1(C)CC1C. The molecule has 7 nitrogen and oxygen atoms in total. The van der Waals surface area contributed by atoms with Gasteiger partial charge in [-0.15, -0.1) is 0 Å². The molecule has 0 heterocycles. The van der Waals surface area contributed by atoms with Gasteiger partial charge in [-0.2, -0.15) is 0 Å². The number of amides is 1. The summed E-state index contributed by atoms with van der Waals surface area (Å²) in [5.41, 5.74) is 2.73. The van der Waals surface area contributed by atoms with E-state index in [1.165, 1.54) is 20.5 Å². The first-order valence-electron chi connectivity index (χ1n) is 8.97. The molecule has 1 fully saturated rings. The Morgan fingerprint density at radius 3 is 2.57 bits per heavy atom.